The van der Waals surface area contributed by atoms with E-state index in [0.717, 1.165) is 15.4 Å². The third-order valence-corrected chi connectivity index (χ3v) is 6.28. The van der Waals surface area contributed by atoms with Gasteiger partial charge in [-0.1, -0.05) is 11.6 Å². The molecule has 4 aromatic rings. The Kier molecular flexibility index (Phi) is 4.77. The second-order valence-corrected chi connectivity index (χ2v) is 8.26. The van der Waals surface area contributed by atoms with Gasteiger partial charge in [-0.15, -0.1) is 22.7 Å². The van der Waals surface area contributed by atoms with E-state index in [0.29, 0.717) is 33.4 Å². The van der Waals surface area contributed by atoms with Crippen molar-refractivity contribution in [2.45, 2.75) is 13.0 Å². The molecule has 0 aromatic carbocycles. The number of carbonyl (C=O) groups excluding carboxylic acids is 1. The molecule has 11 heteroatoms. The van der Waals surface area contributed by atoms with Crippen LogP contribution in [0.25, 0.3) is 10.3 Å². The van der Waals surface area contributed by atoms with E-state index in [9.17, 15) is 4.79 Å². The summed E-state index contributed by atoms with van der Waals surface area (Å²) in [6.07, 6.45) is 3.57. The van der Waals surface area contributed by atoms with E-state index >= 15 is 0 Å². The van der Waals surface area contributed by atoms with E-state index in [-0.39, 0.29) is 12.5 Å². The predicted octanol–water partition coefficient (Wildman–Crippen LogP) is 2.99. The van der Waals surface area contributed by atoms with Gasteiger partial charge in [-0.2, -0.15) is 5.10 Å². The number of amides is 1. The van der Waals surface area contributed by atoms with Gasteiger partial charge >= 0.3 is 0 Å². The van der Waals surface area contributed by atoms with Crippen LogP contribution in [0.5, 0.6) is 0 Å². The molecule has 0 unspecified atom stereocenters. The molecule has 0 aliphatic rings. The number of halogens is 1. The molecule has 4 rings (SSSR count). The van der Waals surface area contributed by atoms with Gasteiger partial charge in [0.05, 0.1) is 28.1 Å². The molecule has 4 aromatic heterocycles. The Hall–Kier alpha value is -2.56. The number of nitrogens with one attached hydrogen (secondary N) is 3. The predicted molar refractivity (Wildman–Crippen MR) is 106 cm³/mol. The topological polar surface area (TPSA) is 112 Å². The Morgan fingerprint density at radius 2 is 2.37 bits per heavy atom. The summed E-state index contributed by atoms with van der Waals surface area (Å²) in [4.78, 5) is 21.5. The Balaban J connectivity index is 1.63. The van der Waals surface area contributed by atoms with Crippen molar-refractivity contribution in [3.8, 4) is 0 Å². The summed E-state index contributed by atoms with van der Waals surface area (Å²) in [6, 6.07) is 1.89. The van der Waals surface area contributed by atoms with Crippen molar-refractivity contribution >= 4 is 56.7 Å². The van der Waals surface area contributed by atoms with E-state index in [4.69, 9.17) is 17.0 Å². The zero-order valence-corrected chi connectivity index (χ0v) is 16.5. The Morgan fingerprint density at radius 1 is 1.52 bits per heavy atom. The SMILES string of the molecule is Cn1c(C(=O)NCc2ncsc2Cl)c(C=N)c2sc(Cc3cc[nH]n3)nc21. The van der Waals surface area contributed by atoms with Crippen molar-refractivity contribution in [2.75, 3.05) is 0 Å². The first kappa shape index (κ1) is 17.8. The van der Waals surface area contributed by atoms with Crippen LogP contribution in [0.1, 0.15) is 32.4 Å². The molecule has 0 atom stereocenters. The van der Waals surface area contributed by atoms with Crippen molar-refractivity contribution < 1.29 is 4.79 Å². The zero-order chi connectivity index (χ0) is 19.0. The molecule has 0 aliphatic carbocycles. The van der Waals surface area contributed by atoms with Crippen LogP contribution in [0.3, 0.4) is 0 Å². The van der Waals surface area contributed by atoms with Crippen LogP contribution in [0, 0.1) is 5.41 Å². The maximum absolute atomic E-state index is 12.7. The van der Waals surface area contributed by atoms with E-state index in [2.05, 4.69) is 25.5 Å². The maximum Gasteiger partial charge on any atom is 0.269 e. The number of H-pyrrole nitrogens is 1. The molecule has 0 saturated carbocycles. The number of rotatable bonds is 6. The molecular weight excluding hydrogens is 406 g/mol. The molecule has 4 heterocycles. The number of thiazole rings is 2. The molecule has 0 spiro atoms. The minimum Gasteiger partial charge on any atom is -0.345 e. The van der Waals surface area contributed by atoms with Crippen LogP contribution < -0.4 is 5.32 Å². The summed E-state index contributed by atoms with van der Waals surface area (Å²) >= 11 is 8.81. The fourth-order valence-corrected chi connectivity index (χ4v) is 4.69. The second kappa shape index (κ2) is 7.22. The molecule has 27 heavy (non-hydrogen) atoms. The first-order valence-electron chi connectivity index (χ1n) is 7.91. The molecule has 0 aliphatic heterocycles. The number of nitrogens with zero attached hydrogens (tertiary/aromatic N) is 4. The largest absolute Gasteiger partial charge is 0.345 e. The number of aromatic amines is 1. The zero-order valence-electron chi connectivity index (χ0n) is 14.1. The summed E-state index contributed by atoms with van der Waals surface area (Å²) in [5.41, 5.74) is 4.79. The van der Waals surface area contributed by atoms with Gasteiger partial charge in [0.1, 0.15) is 15.0 Å². The Bertz CT molecular complexity index is 1130. The summed E-state index contributed by atoms with van der Waals surface area (Å²) in [6.45, 7) is 0.231. The van der Waals surface area contributed by atoms with Gasteiger partial charge in [0.15, 0.2) is 5.65 Å². The molecule has 1 amide bonds. The van der Waals surface area contributed by atoms with Crippen molar-refractivity contribution in [1.82, 2.24) is 30.0 Å². The van der Waals surface area contributed by atoms with Gasteiger partial charge in [0, 0.05) is 31.4 Å². The van der Waals surface area contributed by atoms with Crippen LogP contribution in [0.4, 0.5) is 0 Å². The third-order valence-electron chi connectivity index (χ3n) is 4.06. The van der Waals surface area contributed by atoms with Crippen LogP contribution in [-0.4, -0.2) is 36.9 Å². The monoisotopic (exact) mass is 419 g/mol. The van der Waals surface area contributed by atoms with Gasteiger partial charge in [-0.25, -0.2) is 9.97 Å². The highest BCUT2D eigenvalue weighted by atomic mass is 35.5. The van der Waals surface area contributed by atoms with Gasteiger partial charge in [0.25, 0.3) is 5.91 Å². The van der Waals surface area contributed by atoms with Gasteiger partial charge in [-0.05, 0) is 6.07 Å². The molecule has 0 fully saturated rings. The normalized spacial score (nSPS) is 11.2. The second-order valence-electron chi connectivity index (χ2n) is 5.72. The number of aromatic nitrogens is 5. The third kappa shape index (κ3) is 3.27. The van der Waals surface area contributed by atoms with Crippen molar-refractivity contribution in [3.05, 3.63) is 49.8 Å². The molecule has 138 valence electrons. The summed E-state index contributed by atoms with van der Waals surface area (Å²) in [5.74, 6) is -0.292. The number of aryl methyl sites for hydroxylation is 1. The maximum atomic E-state index is 12.7. The fraction of sp³-hybridized carbons (Fsp3) is 0.188. The molecule has 0 saturated heterocycles. The number of hydrogen-bond acceptors (Lipinski definition) is 7. The van der Waals surface area contributed by atoms with E-state index in [1.54, 1.807) is 23.3 Å². The summed E-state index contributed by atoms with van der Waals surface area (Å²) in [5, 5.41) is 18.4. The van der Waals surface area contributed by atoms with Gasteiger partial charge in [-0.3, -0.25) is 9.89 Å². The van der Waals surface area contributed by atoms with Crippen LogP contribution in [-0.2, 0) is 20.0 Å². The van der Waals surface area contributed by atoms with Crippen LogP contribution in [0.2, 0.25) is 4.34 Å². The lowest BCUT2D eigenvalue weighted by molar-refractivity contribution is 0.0942. The highest BCUT2D eigenvalue weighted by Gasteiger charge is 2.23. The smallest absolute Gasteiger partial charge is 0.269 e. The van der Waals surface area contributed by atoms with Crippen molar-refractivity contribution in [3.63, 3.8) is 0 Å². The number of carbonyl (C=O) groups is 1. The molecule has 8 nitrogen and oxygen atoms in total. The lowest BCUT2D eigenvalue weighted by Gasteiger charge is -2.07. The highest BCUT2D eigenvalue weighted by Crippen LogP contribution is 2.30. The van der Waals surface area contributed by atoms with E-state index < -0.39 is 0 Å². The highest BCUT2D eigenvalue weighted by molar-refractivity contribution is 7.19. The molecule has 0 bridgehead atoms. The van der Waals surface area contributed by atoms with E-state index in [1.165, 1.54) is 28.9 Å². The summed E-state index contributed by atoms with van der Waals surface area (Å²) < 4.78 is 3.09. The van der Waals surface area contributed by atoms with Crippen molar-refractivity contribution in [1.29, 1.82) is 5.41 Å². The minimum atomic E-state index is -0.292. The number of hydrogen-bond donors (Lipinski definition) is 3. The van der Waals surface area contributed by atoms with Gasteiger partial charge in [0.2, 0.25) is 0 Å². The first-order valence-corrected chi connectivity index (χ1v) is 9.99. The average Bonchev–Trinajstić information content (AvgIpc) is 3.41. The first-order chi connectivity index (χ1) is 13.1. The molecule has 0 radical (unpaired) electrons. The lowest BCUT2D eigenvalue weighted by Crippen LogP contribution is -2.26. The van der Waals surface area contributed by atoms with E-state index in [1.807, 2.05) is 6.07 Å². The standard InChI is InChI=1S/C16H14ClN7OS2/c1-24-12(16(25)19-6-10-14(17)26-7-20-10)9(5-18)13-15(24)22-11(27-13)4-8-2-3-21-23-8/h2-3,5,7,18H,4,6H2,1H3,(H,19,25)(H,21,23). The lowest BCUT2D eigenvalue weighted by atomic mass is 10.2. The molecular formula is C16H14ClN7OS2. The Labute approximate surface area is 166 Å². The van der Waals surface area contributed by atoms with Crippen LogP contribution >= 0.6 is 34.3 Å². The molecule has 3 N–H and O–H groups in total. The minimum absolute atomic E-state index is 0.231. The fourth-order valence-electron chi connectivity index (χ4n) is 2.80. The van der Waals surface area contributed by atoms with Gasteiger partial charge < -0.3 is 15.3 Å². The quantitative estimate of drug-likeness (QED) is 0.417. The van der Waals surface area contributed by atoms with Crippen LogP contribution in [0.15, 0.2) is 17.8 Å². The number of fused-ring (bicyclic) bond motifs is 1. The van der Waals surface area contributed by atoms with Crippen molar-refractivity contribution in [2.24, 2.45) is 7.05 Å². The average molecular weight is 420 g/mol. The summed E-state index contributed by atoms with van der Waals surface area (Å²) in [7, 11) is 1.78. The Morgan fingerprint density at radius 3 is 3.04 bits per heavy atom.